The van der Waals surface area contributed by atoms with E-state index in [0.29, 0.717) is 0 Å². The van der Waals surface area contributed by atoms with Crippen molar-refractivity contribution in [1.29, 1.82) is 0 Å². The summed E-state index contributed by atoms with van der Waals surface area (Å²) in [6.07, 6.45) is 8.96. The first kappa shape index (κ1) is 40.3. The van der Waals surface area contributed by atoms with E-state index in [4.69, 9.17) is 0 Å². The Kier molecular flexibility index (Phi) is 12.5. The van der Waals surface area contributed by atoms with Crippen molar-refractivity contribution >= 4 is 32.8 Å². The number of hydrogen-bond acceptors (Lipinski definition) is 1. The zero-order valence-corrected chi connectivity index (χ0v) is 35.9. The van der Waals surface area contributed by atoms with Crippen LogP contribution in [0.15, 0.2) is 194 Å². The highest BCUT2D eigenvalue weighted by atomic mass is 15.1. The van der Waals surface area contributed by atoms with Crippen molar-refractivity contribution in [3.8, 4) is 22.3 Å². The minimum absolute atomic E-state index is 0.184. The van der Waals surface area contributed by atoms with Crippen LogP contribution in [-0.2, 0) is 0 Å². The van der Waals surface area contributed by atoms with Crippen LogP contribution in [0, 0.1) is 6.92 Å². The van der Waals surface area contributed by atoms with Gasteiger partial charge in [-0.2, -0.15) is 0 Å². The standard InChI is InChI=1S/C59H57N/c1-6-17-45(53-38-34-46-19-9-11-21-51(46)40-53)23-16-27-59(60(5)58(7-2)54-39-35-47-20-10-12-22-52(47)41-54)50-36-32-49(33-37-50)48-30-28-44(29-31-48)43(4)56-25-14-15-26-57(56)55-24-13-8-18-42(55)3/h7-15,18-26,28-41,43,59H,6,16-17,27H2,1-5H3/b45-23-,58-7-/t43-,59-/m1/s1. The van der Waals surface area contributed by atoms with E-state index in [2.05, 4.69) is 234 Å². The maximum absolute atomic E-state index is 2.51. The van der Waals surface area contributed by atoms with Gasteiger partial charge in [-0.15, -0.1) is 0 Å². The highest BCUT2D eigenvalue weighted by molar-refractivity contribution is 5.87. The molecule has 0 radical (unpaired) electrons. The Morgan fingerprint density at radius 3 is 1.72 bits per heavy atom. The molecule has 0 saturated carbocycles. The van der Waals surface area contributed by atoms with Crippen LogP contribution in [0.5, 0.6) is 0 Å². The molecule has 0 spiro atoms. The summed E-state index contributed by atoms with van der Waals surface area (Å²) >= 11 is 0. The van der Waals surface area contributed by atoms with Crippen LogP contribution in [0.1, 0.15) is 91.8 Å². The van der Waals surface area contributed by atoms with E-state index in [9.17, 15) is 0 Å². The van der Waals surface area contributed by atoms with Gasteiger partial charge >= 0.3 is 0 Å². The van der Waals surface area contributed by atoms with Crippen molar-refractivity contribution in [1.82, 2.24) is 4.90 Å². The van der Waals surface area contributed by atoms with Crippen LogP contribution in [0.3, 0.4) is 0 Å². The molecule has 298 valence electrons. The number of rotatable bonds is 14. The van der Waals surface area contributed by atoms with E-state index < -0.39 is 0 Å². The third kappa shape index (κ3) is 8.77. The van der Waals surface area contributed by atoms with Crippen molar-refractivity contribution in [2.75, 3.05) is 7.05 Å². The van der Waals surface area contributed by atoms with Gasteiger partial charge in [0.25, 0.3) is 0 Å². The first-order valence-electron chi connectivity index (χ1n) is 21.8. The molecule has 0 unspecified atom stereocenters. The zero-order chi connectivity index (χ0) is 41.4. The fourth-order valence-corrected chi connectivity index (χ4v) is 9.15. The zero-order valence-electron chi connectivity index (χ0n) is 35.9. The van der Waals surface area contributed by atoms with Gasteiger partial charge in [0.15, 0.2) is 0 Å². The monoisotopic (exact) mass is 779 g/mol. The Morgan fingerprint density at radius 1 is 0.567 bits per heavy atom. The average molecular weight is 780 g/mol. The summed E-state index contributed by atoms with van der Waals surface area (Å²) in [7, 11) is 2.28. The lowest BCUT2D eigenvalue weighted by molar-refractivity contribution is 0.338. The van der Waals surface area contributed by atoms with Crippen molar-refractivity contribution in [3.63, 3.8) is 0 Å². The molecule has 2 atom stereocenters. The van der Waals surface area contributed by atoms with Gasteiger partial charge in [0.05, 0.1) is 6.04 Å². The SMILES string of the molecule is C/C=C(/c1ccc2ccccc2c1)N(C)[C@H](CC/C=C(/CCC)c1ccc2ccccc2c1)c1ccc(-c2ccc([C@@H](C)c3ccccc3-c3ccccc3C)cc2)cc1. The van der Waals surface area contributed by atoms with Gasteiger partial charge in [-0.25, -0.2) is 0 Å². The molecule has 0 aliphatic carbocycles. The normalized spacial score (nSPS) is 13.1. The average Bonchev–Trinajstić information content (AvgIpc) is 3.30. The fourth-order valence-electron chi connectivity index (χ4n) is 9.15. The number of hydrogen-bond donors (Lipinski definition) is 0. The van der Waals surface area contributed by atoms with E-state index in [0.717, 1.165) is 25.7 Å². The molecule has 1 heteroatoms. The van der Waals surface area contributed by atoms with Crippen LogP contribution in [0.2, 0.25) is 0 Å². The van der Waals surface area contributed by atoms with Gasteiger partial charge in [-0.1, -0.05) is 202 Å². The summed E-state index contributed by atoms with van der Waals surface area (Å²) in [5, 5.41) is 5.13. The molecular weight excluding hydrogens is 723 g/mol. The first-order valence-corrected chi connectivity index (χ1v) is 21.8. The molecule has 0 amide bonds. The van der Waals surface area contributed by atoms with E-state index in [1.54, 1.807) is 0 Å². The fraction of sp³-hybridized carbons (Fsp3) is 0.186. The molecule has 0 bridgehead atoms. The number of allylic oxidation sites excluding steroid dienone is 3. The second-order valence-electron chi connectivity index (χ2n) is 16.3. The predicted molar refractivity (Wildman–Crippen MR) is 260 cm³/mol. The summed E-state index contributed by atoms with van der Waals surface area (Å²) in [5.74, 6) is 0.269. The molecule has 0 heterocycles. The van der Waals surface area contributed by atoms with Gasteiger partial charge in [-0.05, 0) is 128 Å². The van der Waals surface area contributed by atoms with E-state index >= 15 is 0 Å². The summed E-state index contributed by atoms with van der Waals surface area (Å²) < 4.78 is 0. The van der Waals surface area contributed by atoms with Crippen LogP contribution >= 0.6 is 0 Å². The van der Waals surface area contributed by atoms with Gasteiger partial charge in [0.1, 0.15) is 0 Å². The Hall–Kier alpha value is -6.44. The molecule has 0 aliphatic heterocycles. The maximum atomic E-state index is 2.51. The highest BCUT2D eigenvalue weighted by Gasteiger charge is 2.21. The highest BCUT2D eigenvalue weighted by Crippen LogP contribution is 2.38. The second-order valence-corrected chi connectivity index (χ2v) is 16.3. The Labute approximate surface area is 358 Å². The molecule has 8 rings (SSSR count). The number of nitrogens with zero attached hydrogens (tertiary/aromatic N) is 1. The summed E-state index contributed by atoms with van der Waals surface area (Å²) in [4.78, 5) is 2.51. The third-order valence-corrected chi connectivity index (χ3v) is 12.5. The molecule has 0 saturated heterocycles. The van der Waals surface area contributed by atoms with E-state index in [-0.39, 0.29) is 12.0 Å². The lowest BCUT2D eigenvalue weighted by Crippen LogP contribution is -2.23. The van der Waals surface area contributed by atoms with E-state index in [1.165, 1.54) is 88.4 Å². The number of fused-ring (bicyclic) bond motifs is 2. The van der Waals surface area contributed by atoms with Crippen molar-refractivity contribution in [3.05, 3.63) is 228 Å². The van der Waals surface area contributed by atoms with Crippen LogP contribution < -0.4 is 0 Å². The van der Waals surface area contributed by atoms with Gasteiger partial charge in [-0.3, -0.25) is 0 Å². The Balaban J connectivity index is 1.07. The van der Waals surface area contributed by atoms with Crippen molar-refractivity contribution in [2.45, 2.75) is 65.3 Å². The first-order chi connectivity index (χ1) is 29.4. The molecule has 8 aromatic carbocycles. The van der Waals surface area contributed by atoms with Crippen LogP contribution in [0.25, 0.3) is 55.1 Å². The quantitative estimate of drug-likeness (QED) is 0.106. The Bertz CT molecular complexity index is 2770. The largest absolute Gasteiger partial charge is 0.367 e. The minimum atomic E-state index is 0.184. The molecule has 0 aromatic heterocycles. The van der Waals surface area contributed by atoms with Crippen LogP contribution in [0.4, 0.5) is 0 Å². The minimum Gasteiger partial charge on any atom is -0.367 e. The molecule has 1 nitrogen and oxygen atoms in total. The van der Waals surface area contributed by atoms with Crippen molar-refractivity contribution < 1.29 is 0 Å². The van der Waals surface area contributed by atoms with Gasteiger partial charge in [0, 0.05) is 18.7 Å². The lowest BCUT2D eigenvalue weighted by atomic mass is 9.85. The summed E-state index contributed by atoms with van der Waals surface area (Å²) in [6.45, 7) is 8.99. The third-order valence-electron chi connectivity index (χ3n) is 12.5. The molecule has 0 fully saturated rings. The van der Waals surface area contributed by atoms with E-state index in [1.807, 2.05) is 0 Å². The van der Waals surface area contributed by atoms with Crippen LogP contribution in [-0.4, -0.2) is 11.9 Å². The maximum Gasteiger partial charge on any atom is 0.0542 e. The van der Waals surface area contributed by atoms with Gasteiger partial charge < -0.3 is 4.90 Å². The summed E-state index contributed by atoms with van der Waals surface area (Å²) in [5.41, 5.74) is 15.7. The Morgan fingerprint density at radius 2 is 1.10 bits per heavy atom. The number of benzene rings is 8. The topological polar surface area (TPSA) is 3.24 Å². The predicted octanol–water partition coefficient (Wildman–Crippen LogP) is 16.5. The molecular formula is C59H57N. The molecule has 0 aliphatic rings. The van der Waals surface area contributed by atoms with Crippen molar-refractivity contribution in [2.24, 2.45) is 0 Å². The smallest absolute Gasteiger partial charge is 0.0542 e. The lowest BCUT2D eigenvalue weighted by Gasteiger charge is -2.33. The molecule has 0 N–H and O–H groups in total. The molecule has 8 aromatic rings. The van der Waals surface area contributed by atoms with Gasteiger partial charge in [0.2, 0.25) is 0 Å². The second kappa shape index (κ2) is 18.6. The summed E-state index contributed by atoms with van der Waals surface area (Å²) in [6, 6.07) is 67.5. The molecule has 60 heavy (non-hydrogen) atoms. The number of aryl methyl sites for hydroxylation is 1.